The van der Waals surface area contributed by atoms with Crippen LogP contribution in [0.5, 0.6) is 0 Å². The van der Waals surface area contributed by atoms with Gasteiger partial charge in [-0.1, -0.05) is 19.1 Å². The SMILES string of the molecule is Cc1oc(CNC(=O)NCc2cccc(F)c2)nc1C(=O)N1CCC(C)CC1. The molecule has 1 fully saturated rings. The highest BCUT2D eigenvalue weighted by molar-refractivity contribution is 5.93. The fourth-order valence-electron chi connectivity index (χ4n) is 3.13. The third-order valence-corrected chi connectivity index (χ3v) is 4.86. The summed E-state index contributed by atoms with van der Waals surface area (Å²) in [6, 6.07) is 5.58. The average Bonchev–Trinajstić information content (AvgIpc) is 3.05. The first-order chi connectivity index (χ1) is 13.4. The maximum absolute atomic E-state index is 13.1. The number of likely N-dealkylation sites (tertiary alicyclic amines) is 1. The van der Waals surface area contributed by atoms with Crippen LogP contribution in [0.25, 0.3) is 0 Å². The van der Waals surface area contributed by atoms with Gasteiger partial charge in [-0.2, -0.15) is 0 Å². The molecule has 2 heterocycles. The van der Waals surface area contributed by atoms with E-state index in [-0.39, 0.29) is 30.7 Å². The zero-order chi connectivity index (χ0) is 20.1. The van der Waals surface area contributed by atoms with Gasteiger partial charge in [0.2, 0.25) is 5.89 Å². The minimum Gasteiger partial charge on any atom is -0.443 e. The minimum absolute atomic E-state index is 0.0557. The topological polar surface area (TPSA) is 87.5 Å². The van der Waals surface area contributed by atoms with E-state index in [1.807, 2.05) is 0 Å². The molecule has 3 amide bonds. The molecule has 2 N–H and O–H groups in total. The lowest BCUT2D eigenvalue weighted by molar-refractivity contribution is 0.0690. The van der Waals surface area contributed by atoms with Crippen LogP contribution >= 0.6 is 0 Å². The van der Waals surface area contributed by atoms with E-state index >= 15 is 0 Å². The summed E-state index contributed by atoms with van der Waals surface area (Å²) < 4.78 is 18.7. The fourth-order valence-corrected chi connectivity index (χ4v) is 3.13. The van der Waals surface area contributed by atoms with Crippen LogP contribution in [0.4, 0.5) is 9.18 Å². The summed E-state index contributed by atoms with van der Waals surface area (Å²) in [5.41, 5.74) is 0.956. The fraction of sp³-hybridized carbons (Fsp3) is 0.450. The summed E-state index contributed by atoms with van der Waals surface area (Å²) in [6.45, 7) is 5.59. The van der Waals surface area contributed by atoms with Crippen LogP contribution in [0.2, 0.25) is 0 Å². The Morgan fingerprint density at radius 3 is 2.68 bits per heavy atom. The summed E-state index contributed by atoms with van der Waals surface area (Å²) in [4.78, 5) is 30.6. The zero-order valence-corrected chi connectivity index (χ0v) is 16.1. The summed E-state index contributed by atoms with van der Waals surface area (Å²) in [5, 5.41) is 5.26. The van der Waals surface area contributed by atoms with Crippen molar-refractivity contribution in [2.24, 2.45) is 5.92 Å². The molecule has 0 bridgehead atoms. The molecule has 150 valence electrons. The maximum atomic E-state index is 13.1. The molecular formula is C20H25FN4O3. The number of hydrogen-bond acceptors (Lipinski definition) is 4. The smallest absolute Gasteiger partial charge is 0.315 e. The van der Waals surface area contributed by atoms with Gasteiger partial charge in [0.15, 0.2) is 5.69 Å². The largest absolute Gasteiger partial charge is 0.443 e. The number of aromatic nitrogens is 1. The van der Waals surface area contributed by atoms with Crippen LogP contribution in [-0.4, -0.2) is 34.9 Å². The number of nitrogens with one attached hydrogen (secondary N) is 2. The molecule has 0 saturated carbocycles. The molecule has 1 aromatic heterocycles. The van der Waals surface area contributed by atoms with E-state index in [1.54, 1.807) is 24.0 Å². The Bertz CT molecular complexity index is 844. The average molecular weight is 388 g/mol. The van der Waals surface area contributed by atoms with E-state index in [0.29, 0.717) is 22.9 Å². The van der Waals surface area contributed by atoms with Crippen LogP contribution in [0.3, 0.4) is 0 Å². The van der Waals surface area contributed by atoms with E-state index in [2.05, 4.69) is 22.5 Å². The predicted molar refractivity (Wildman–Crippen MR) is 101 cm³/mol. The second-order valence-corrected chi connectivity index (χ2v) is 7.15. The number of oxazole rings is 1. The van der Waals surface area contributed by atoms with Crippen molar-refractivity contribution >= 4 is 11.9 Å². The Kier molecular flexibility index (Phi) is 6.28. The molecule has 0 unspecified atom stereocenters. The monoisotopic (exact) mass is 388 g/mol. The van der Waals surface area contributed by atoms with Crippen LogP contribution in [0.15, 0.2) is 28.7 Å². The van der Waals surface area contributed by atoms with Gasteiger partial charge < -0.3 is 20.0 Å². The molecule has 7 nitrogen and oxygen atoms in total. The molecule has 2 aromatic rings. The lowest BCUT2D eigenvalue weighted by atomic mass is 9.99. The predicted octanol–water partition coefficient (Wildman–Crippen LogP) is 2.99. The highest BCUT2D eigenvalue weighted by Gasteiger charge is 2.26. The number of amides is 3. The standard InChI is InChI=1S/C20H25FN4O3/c1-13-6-8-25(9-7-13)19(26)18-14(2)28-17(24-18)12-23-20(27)22-11-15-4-3-5-16(21)10-15/h3-5,10,13H,6-9,11-12H2,1-2H3,(H2,22,23,27). The van der Waals surface area contributed by atoms with Crippen molar-refractivity contribution in [3.63, 3.8) is 0 Å². The van der Waals surface area contributed by atoms with Gasteiger partial charge in [0, 0.05) is 19.6 Å². The Morgan fingerprint density at radius 2 is 1.96 bits per heavy atom. The first-order valence-corrected chi connectivity index (χ1v) is 9.44. The maximum Gasteiger partial charge on any atom is 0.315 e. The van der Waals surface area contributed by atoms with E-state index in [4.69, 9.17) is 4.42 Å². The number of carbonyl (C=O) groups excluding carboxylic acids is 2. The second kappa shape index (κ2) is 8.86. The van der Waals surface area contributed by atoms with Gasteiger partial charge in [0.1, 0.15) is 11.6 Å². The Hall–Kier alpha value is -2.90. The summed E-state index contributed by atoms with van der Waals surface area (Å²) in [6.07, 6.45) is 1.98. The van der Waals surface area contributed by atoms with Crippen molar-refractivity contribution in [2.75, 3.05) is 13.1 Å². The van der Waals surface area contributed by atoms with Gasteiger partial charge in [0.25, 0.3) is 5.91 Å². The summed E-state index contributed by atoms with van der Waals surface area (Å²) in [7, 11) is 0. The van der Waals surface area contributed by atoms with Gasteiger partial charge in [-0.3, -0.25) is 4.79 Å². The number of carbonyl (C=O) groups is 2. The third kappa shape index (κ3) is 5.09. The molecular weight excluding hydrogens is 363 g/mol. The van der Waals surface area contributed by atoms with Crippen molar-refractivity contribution in [1.82, 2.24) is 20.5 Å². The van der Waals surface area contributed by atoms with E-state index in [0.717, 1.165) is 25.9 Å². The number of urea groups is 1. The Morgan fingerprint density at radius 1 is 1.25 bits per heavy atom. The van der Waals surface area contributed by atoms with Gasteiger partial charge in [0.05, 0.1) is 6.54 Å². The van der Waals surface area contributed by atoms with Crippen molar-refractivity contribution < 1.29 is 18.4 Å². The molecule has 0 spiro atoms. The van der Waals surface area contributed by atoms with Crippen LogP contribution in [-0.2, 0) is 13.1 Å². The Labute approximate surface area is 163 Å². The number of nitrogens with zero attached hydrogens (tertiary/aromatic N) is 2. The Balaban J connectivity index is 1.50. The van der Waals surface area contributed by atoms with Crippen molar-refractivity contribution in [3.05, 3.63) is 53.0 Å². The molecule has 28 heavy (non-hydrogen) atoms. The first-order valence-electron chi connectivity index (χ1n) is 9.44. The molecule has 3 rings (SSSR count). The molecule has 1 aliphatic rings. The van der Waals surface area contributed by atoms with Gasteiger partial charge >= 0.3 is 6.03 Å². The number of benzene rings is 1. The second-order valence-electron chi connectivity index (χ2n) is 7.15. The number of hydrogen-bond donors (Lipinski definition) is 2. The lowest BCUT2D eigenvalue weighted by Crippen LogP contribution is -2.38. The van der Waals surface area contributed by atoms with E-state index < -0.39 is 6.03 Å². The van der Waals surface area contributed by atoms with Crippen molar-refractivity contribution in [2.45, 2.75) is 39.8 Å². The minimum atomic E-state index is -0.432. The molecule has 1 aliphatic heterocycles. The number of halogens is 1. The third-order valence-electron chi connectivity index (χ3n) is 4.86. The van der Waals surface area contributed by atoms with E-state index in [1.165, 1.54) is 12.1 Å². The molecule has 1 aromatic carbocycles. The normalized spacial score (nSPS) is 14.8. The zero-order valence-electron chi connectivity index (χ0n) is 16.1. The molecule has 8 heteroatoms. The van der Waals surface area contributed by atoms with Gasteiger partial charge in [-0.05, 0) is 43.4 Å². The molecule has 1 saturated heterocycles. The number of aryl methyl sites for hydroxylation is 1. The molecule has 0 radical (unpaired) electrons. The van der Waals surface area contributed by atoms with Gasteiger partial charge in [-0.15, -0.1) is 0 Å². The highest BCUT2D eigenvalue weighted by Crippen LogP contribution is 2.19. The van der Waals surface area contributed by atoms with Gasteiger partial charge in [-0.25, -0.2) is 14.2 Å². The summed E-state index contributed by atoms with van der Waals surface area (Å²) >= 11 is 0. The summed E-state index contributed by atoms with van der Waals surface area (Å²) in [5.74, 6) is 0.867. The van der Waals surface area contributed by atoms with Crippen LogP contribution in [0, 0.1) is 18.7 Å². The lowest BCUT2D eigenvalue weighted by Gasteiger charge is -2.29. The number of rotatable bonds is 5. The van der Waals surface area contributed by atoms with E-state index in [9.17, 15) is 14.0 Å². The highest BCUT2D eigenvalue weighted by atomic mass is 19.1. The molecule has 0 atom stereocenters. The van der Waals surface area contributed by atoms with Crippen molar-refractivity contribution in [1.29, 1.82) is 0 Å². The molecule has 0 aliphatic carbocycles. The van der Waals surface area contributed by atoms with Crippen molar-refractivity contribution in [3.8, 4) is 0 Å². The van der Waals surface area contributed by atoms with Crippen LogP contribution in [0.1, 0.15) is 47.5 Å². The number of piperidine rings is 1. The first kappa shape index (κ1) is 19.9. The van der Waals surface area contributed by atoms with Crippen LogP contribution < -0.4 is 10.6 Å². The quantitative estimate of drug-likeness (QED) is 0.824.